The highest BCUT2D eigenvalue weighted by molar-refractivity contribution is 5.89. The van der Waals surface area contributed by atoms with Crippen LogP contribution in [0, 0.1) is 0 Å². The van der Waals surface area contributed by atoms with Gasteiger partial charge in [-0.2, -0.15) is 0 Å². The number of aliphatic hydroxyl groups excluding tert-OH is 1. The van der Waals surface area contributed by atoms with Crippen LogP contribution in [0.1, 0.15) is 24.8 Å². The molecule has 1 aromatic heterocycles. The fourth-order valence-corrected chi connectivity index (χ4v) is 4.20. The molecule has 1 amide bonds. The Labute approximate surface area is 141 Å². The molecular weight excluding hydrogens is 304 g/mol. The molecule has 5 heteroatoms. The number of ether oxygens (including phenoxy) is 1. The van der Waals surface area contributed by atoms with Gasteiger partial charge in [0.15, 0.2) is 0 Å². The smallest absolute Gasteiger partial charge is 0.227 e. The molecule has 24 heavy (non-hydrogen) atoms. The summed E-state index contributed by atoms with van der Waals surface area (Å²) in [5.41, 5.74) is 1.78. The second-order valence-electron chi connectivity index (χ2n) is 7.08. The quantitative estimate of drug-likeness (QED) is 0.915. The largest absolute Gasteiger partial charge is 0.388 e. The van der Waals surface area contributed by atoms with Gasteiger partial charge in [-0.3, -0.25) is 4.79 Å². The third-order valence-electron chi connectivity index (χ3n) is 5.61. The number of amides is 1. The molecule has 0 aliphatic carbocycles. The van der Waals surface area contributed by atoms with Crippen molar-refractivity contribution in [2.75, 3.05) is 19.7 Å². The van der Waals surface area contributed by atoms with Crippen molar-refractivity contribution in [2.24, 2.45) is 7.05 Å². The highest BCUT2D eigenvalue weighted by Crippen LogP contribution is 2.36. The third-order valence-corrected chi connectivity index (χ3v) is 5.61. The van der Waals surface area contributed by atoms with E-state index in [4.69, 9.17) is 4.74 Å². The minimum absolute atomic E-state index is 0.0817. The van der Waals surface area contributed by atoms with Gasteiger partial charge in [-0.05, 0) is 30.9 Å². The standard InChI is InChI=1S/C19H24N2O3/c1-20-12-14(15-5-2-3-6-16(15)20)11-18(23)21-9-8-19(17(22)13-21)7-4-10-24-19/h2-3,5-6,12,17,22H,4,7-11,13H2,1H3/t17-,19-/m0/s1. The third kappa shape index (κ3) is 2.52. The lowest BCUT2D eigenvalue weighted by atomic mass is 9.86. The second-order valence-corrected chi connectivity index (χ2v) is 7.08. The van der Waals surface area contributed by atoms with Crippen LogP contribution < -0.4 is 0 Å². The Balaban J connectivity index is 1.48. The van der Waals surface area contributed by atoms with Gasteiger partial charge in [-0.25, -0.2) is 0 Å². The van der Waals surface area contributed by atoms with Crippen molar-refractivity contribution in [1.82, 2.24) is 9.47 Å². The number of piperidine rings is 1. The summed E-state index contributed by atoms with van der Waals surface area (Å²) in [7, 11) is 2.00. The van der Waals surface area contributed by atoms with E-state index >= 15 is 0 Å². The number of β-amino-alcohol motifs (C(OH)–C–C–N with tert-alkyl or cyclic N) is 1. The van der Waals surface area contributed by atoms with Crippen molar-refractivity contribution in [3.63, 3.8) is 0 Å². The van der Waals surface area contributed by atoms with Crippen LogP contribution in [0.4, 0.5) is 0 Å². The molecule has 2 fully saturated rings. The maximum atomic E-state index is 12.7. The minimum atomic E-state index is -0.579. The zero-order valence-corrected chi connectivity index (χ0v) is 14.1. The average Bonchev–Trinajstić information content (AvgIpc) is 3.17. The van der Waals surface area contributed by atoms with Gasteiger partial charge >= 0.3 is 0 Å². The predicted octanol–water partition coefficient (Wildman–Crippen LogP) is 1.86. The number of nitrogens with zero attached hydrogens (tertiary/aromatic N) is 2. The van der Waals surface area contributed by atoms with Crippen molar-refractivity contribution in [2.45, 2.75) is 37.4 Å². The van der Waals surface area contributed by atoms with E-state index in [-0.39, 0.29) is 5.91 Å². The highest BCUT2D eigenvalue weighted by atomic mass is 16.5. The lowest BCUT2D eigenvalue weighted by molar-refractivity contribution is -0.151. The first-order valence-corrected chi connectivity index (χ1v) is 8.72. The number of carbonyl (C=O) groups is 1. The topological polar surface area (TPSA) is 54.7 Å². The van der Waals surface area contributed by atoms with Crippen molar-refractivity contribution in [1.29, 1.82) is 0 Å². The summed E-state index contributed by atoms with van der Waals surface area (Å²) in [6.45, 7) is 1.77. The van der Waals surface area contributed by atoms with Crippen LogP contribution in [-0.4, -0.2) is 51.9 Å². The maximum Gasteiger partial charge on any atom is 0.227 e. The molecule has 2 aromatic rings. The van der Waals surface area contributed by atoms with E-state index in [1.807, 2.05) is 25.4 Å². The average molecular weight is 328 g/mol. The van der Waals surface area contributed by atoms with E-state index in [2.05, 4.69) is 16.7 Å². The summed E-state index contributed by atoms with van der Waals surface area (Å²) in [5.74, 6) is 0.0817. The van der Waals surface area contributed by atoms with E-state index in [0.717, 1.165) is 42.3 Å². The van der Waals surface area contributed by atoms with E-state index in [1.54, 1.807) is 4.90 Å². The number of carbonyl (C=O) groups excluding carboxylic acids is 1. The lowest BCUT2D eigenvalue weighted by Crippen LogP contribution is -2.56. The molecule has 3 heterocycles. The monoisotopic (exact) mass is 328 g/mol. The normalized spacial score (nSPS) is 27.2. The zero-order chi connectivity index (χ0) is 16.7. The Kier molecular flexibility index (Phi) is 3.85. The number of aromatic nitrogens is 1. The van der Waals surface area contributed by atoms with Gasteiger partial charge in [-0.15, -0.1) is 0 Å². The number of hydrogen-bond donors (Lipinski definition) is 1. The van der Waals surface area contributed by atoms with Gasteiger partial charge in [0.1, 0.15) is 6.10 Å². The van der Waals surface area contributed by atoms with Crippen LogP contribution in [0.25, 0.3) is 10.9 Å². The number of aliphatic hydroxyl groups is 1. The maximum absolute atomic E-state index is 12.7. The summed E-state index contributed by atoms with van der Waals surface area (Å²) in [6, 6.07) is 8.14. The molecule has 5 nitrogen and oxygen atoms in total. The number of benzene rings is 1. The Morgan fingerprint density at radius 3 is 2.96 bits per heavy atom. The summed E-state index contributed by atoms with van der Waals surface area (Å²) >= 11 is 0. The van der Waals surface area contributed by atoms with Crippen LogP contribution in [0.2, 0.25) is 0 Å². The molecule has 1 N–H and O–H groups in total. The summed E-state index contributed by atoms with van der Waals surface area (Å²) in [5, 5.41) is 11.6. The number of fused-ring (bicyclic) bond motifs is 1. The first-order valence-electron chi connectivity index (χ1n) is 8.72. The molecule has 4 rings (SSSR count). The highest BCUT2D eigenvalue weighted by Gasteiger charge is 2.46. The van der Waals surface area contributed by atoms with E-state index in [9.17, 15) is 9.90 Å². The number of likely N-dealkylation sites (tertiary alicyclic amines) is 1. The molecule has 1 spiro atoms. The van der Waals surface area contributed by atoms with Crippen LogP contribution >= 0.6 is 0 Å². The van der Waals surface area contributed by atoms with Gasteiger partial charge in [0, 0.05) is 43.8 Å². The van der Waals surface area contributed by atoms with Crippen molar-refractivity contribution in [3.05, 3.63) is 36.0 Å². The Hall–Kier alpha value is -1.85. The Morgan fingerprint density at radius 2 is 2.21 bits per heavy atom. The van der Waals surface area contributed by atoms with Gasteiger partial charge < -0.3 is 19.3 Å². The summed E-state index contributed by atoms with van der Waals surface area (Å²) in [6.07, 6.45) is 4.47. The first-order chi connectivity index (χ1) is 11.6. The van der Waals surface area contributed by atoms with Crippen LogP contribution in [0.5, 0.6) is 0 Å². The molecule has 2 aliphatic heterocycles. The summed E-state index contributed by atoms with van der Waals surface area (Å²) in [4.78, 5) is 14.5. The molecular formula is C19H24N2O3. The second kappa shape index (κ2) is 5.90. The van der Waals surface area contributed by atoms with Crippen molar-refractivity contribution >= 4 is 16.8 Å². The zero-order valence-electron chi connectivity index (χ0n) is 14.1. The number of aryl methyl sites for hydroxylation is 1. The molecule has 128 valence electrons. The van der Waals surface area contributed by atoms with Gasteiger partial charge in [-0.1, -0.05) is 18.2 Å². The van der Waals surface area contributed by atoms with E-state index < -0.39 is 11.7 Å². The molecule has 2 atom stereocenters. The first kappa shape index (κ1) is 15.7. The van der Waals surface area contributed by atoms with Crippen molar-refractivity contribution < 1.29 is 14.6 Å². The van der Waals surface area contributed by atoms with E-state index in [1.165, 1.54) is 0 Å². The summed E-state index contributed by atoms with van der Waals surface area (Å²) < 4.78 is 7.87. The molecule has 0 unspecified atom stereocenters. The Bertz CT molecular complexity index is 761. The fraction of sp³-hybridized carbons (Fsp3) is 0.526. The number of hydrogen-bond acceptors (Lipinski definition) is 3. The molecule has 0 radical (unpaired) electrons. The molecule has 0 bridgehead atoms. The van der Waals surface area contributed by atoms with E-state index in [0.29, 0.717) is 19.5 Å². The molecule has 2 saturated heterocycles. The van der Waals surface area contributed by atoms with Crippen molar-refractivity contribution in [3.8, 4) is 0 Å². The SMILES string of the molecule is Cn1cc(CC(=O)N2CC[C@@]3(CCCO3)[C@@H](O)C2)c2ccccc21. The molecule has 1 aromatic carbocycles. The number of para-hydroxylation sites is 1. The molecule has 0 saturated carbocycles. The molecule has 2 aliphatic rings. The lowest BCUT2D eigenvalue weighted by Gasteiger charge is -2.42. The number of rotatable bonds is 2. The fourth-order valence-electron chi connectivity index (χ4n) is 4.20. The Morgan fingerprint density at radius 1 is 1.38 bits per heavy atom. The van der Waals surface area contributed by atoms with Crippen LogP contribution in [0.3, 0.4) is 0 Å². The van der Waals surface area contributed by atoms with Gasteiger partial charge in [0.05, 0.1) is 12.0 Å². The van der Waals surface area contributed by atoms with Gasteiger partial charge in [0.2, 0.25) is 5.91 Å². The van der Waals surface area contributed by atoms with Crippen LogP contribution in [-0.2, 0) is 23.0 Å². The minimum Gasteiger partial charge on any atom is -0.388 e. The van der Waals surface area contributed by atoms with Gasteiger partial charge in [0.25, 0.3) is 0 Å². The predicted molar refractivity (Wildman–Crippen MR) is 91.7 cm³/mol. The van der Waals surface area contributed by atoms with Crippen LogP contribution in [0.15, 0.2) is 30.5 Å².